The number of hydrogen-bond acceptors (Lipinski definition) is 2. The quantitative estimate of drug-likeness (QED) is 0.413. The first-order valence-electron chi connectivity index (χ1n) is 8.99. The molecule has 0 bridgehead atoms. The van der Waals surface area contributed by atoms with E-state index in [1.165, 1.54) is 6.07 Å². The van der Waals surface area contributed by atoms with E-state index >= 15 is 0 Å². The predicted molar refractivity (Wildman–Crippen MR) is 105 cm³/mol. The fourth-order valence-corrected chi connectivity index (χ4v) is 3.79. The van der Waals surface area contributed by atoms with Gasteiger partial charge in [-0.15, -0.1) is 0 Å². The summed E-state index contributed by atoms with van der Waals surface area (Å²) >= 11 is 6.43. The first kappa shape index (κ1) is 17.9. The number of nitrogens with zero attached hydrogens (tertiary/aromatic N) is 3. The van der Waals surface area contributed by atoms with Crippen molar-refractivity contribution in [2.75, 3.05) is 26.2 Å². The van der Waals surface area contributed by atoms with Crippen LogP contribution in [0, 0.1) is 11.2 Å². The van der Waals surface area contributed by atoms with Crippen molar-refractivity contribution in [2.24, 2.45) is 7.05 Å². The summed E-state index contributed by atoms with van der Waals surface area (Å²) in [5.74, 6) is -0.0523. The first-order chi connectivity index (χ1) is 13.0. The largest absolute Gasteiger partial charge is 0.354 e. The average molecular weight is 387 g/mol. The molecule has 0 unspecified atom stereocenters. The third kappa shape index (κ3) is 3.55. The second kappa shape index (κ2) is 7.29. The second-order valence-corrected chi connectivity index (χ2v) is 7.31. The van der Waals surface area contributed by atoms with Crippen molar-refractivity contribution in [1.82, 2.24) is 14.8 Å². The molecule has 4 rings (SSSR count). The van der Waals surface area contributed by atoms with Gasteiger partial charge in [-0.25, -0.2) is 8.96 Å². The lowest BCUT2D eigenvalue weighted by Gasteiger charge is -2.29. The van der Waals surface area contributed by atoms with Crippen molar-refractivity contribution in [3.8, 4) is 0 Å². The minimum atomic E-state index is -0.374. The number of piperazine rings is 1. The highest BCUT2D eigenvalue weighted by molar-refractivity contribution is 6.31. The minimum Gasteiger partial charge on any atom is -0.354 e. The third-order valence-electron chi connectivity index (χ3n) is 5.03. The number of halogens is 2. The number of amidine groups is 1. The molecule has 3 aromatic rings. The molecular weight excluding hydrogens is 365 g/mol. The molecule has 0 radical (unpaired) electrons. The molecule has 0 aliphatic carbocycles. The lowest BCUT2D eigenvalue weighted by Crippen LogP contribution is -2.46. The highest BCUT2D eigenvalue weighted by atomic mass is 35.5. The number of nitrogens with one attached hydrogen (secondary N) is 2. The summed E-state index contributed by atoms with van der Waals surface area (Å²) in [5, 5.41) is 13.1. The topological polar surface area (TPSA) is 47.9 Å². The van der Waals surface area contributed by atoms with Crippen LogP contribution in [0.4, 0.5) is 4.39 Å². The van der Waals surface area contributed by atoms with E-state index in [1.807, 2.05) is 51.8 Å². The number of aryl methyl sites for hydroxylation is 1. The Morgan fingerprint density at radius 1 is 1.30 bits per heavy atom. The van der Waals surface area contributed by atoms with E-state index in [-0.39, 0.29) is 5.82 Å². The molecule has 1 aliphatic heterocycles. The van der Waals surface area contributed by atoms with E-state index in [1.54, 1.807) is 6.07 Å². The Morgan fingerprint density at radius 3 is 2.81 bits per heavy atom. The van der Waals surface area contributed by atoms with Crippen LogP contribution in [-0.2, 0) is 13.6 Å². The van der Waals surface area contributed by atoms with Gasteiger partial charge in [0.05, 0.1) is 17.4 Å². The first-order valence-corrected chi connectivity index (χ1v) is 9.37. The van der Waals surface area contributed by atoms with E-state index in [0.29, 0.717) is 28.5 Å². The Kier molecular flexibility index (Phi) is 4.85. The van der Waals surface area contributed by atoms with Crippen molar-refractivity contribution in [3.63, 3.8) is 0 Å². The smallest absolute Gasteiger partial charge is 0.177 e. The number of benzene rings is 1. The summed E-state index contributed by atoms with van der Waals surface area (Å²) in [6.45, 7) is 3.49. The molecule has 3 heterocycles. The summed E-state index contributed by atoms with van der Waals surface area (Å²) < 4.78 is 18.8. The molecule has 1 fully saturated rings. The molecule has 0 spiro atoms. The van der Waals surface area contributed by atoms with Crippen molar-refractivity contribution in [2.45, 2.75) is 6.54 Å². The second-order valence-electron chi connectivity index (χ2n) is 6.90. The monoisotopic (exact) mass is 386 g/mol. The SMILES string of the molecule is C[n+]1ccc2c(ccn2Cc2c(F)cc(C(=N)N3CCNCC3)cc2Cl)c1. The van der Waals surface area contributed by atoms with Crippen LogP contribution in [-0.4, -0.2) is 41.5 Å². The van der Waals surface area contributed by atoms with Crippen molar-refractivity contribution >= 4 is 28.3 Å². The summed E-state index contributed by atoms with van der Waals surface area (Å²) in [7, 11) is 1.97. The maximum atomic E-state index is 14.9. The Balaban J connectivity index is 1.62. The van der Waals surface area contributed by atoms with E-state index in [0.717, 1.165) is 37.1 Å². The third-order valence-corrected chi connectivity index (χ3v) is 5.36. The summed E-state index contributed by atoms with van der Waals surface area (Å²) in [6.07, 6.45) is 5.94. The molecule has 1 aromatic carbocycles. The molecule has 2 N–H and O–H groups in total. The minimum absolute atomic E-state index is 0.322. The Morgan fingerprint density at radius 2 is 2.07 bits per heavy atom. The van der Waals surface area contributed by atoms with Gasteiger partial charge in [0.15, 0.2) is 12.4 Å². The highest BCUT2D eigenvalue weighted by Crippen LogP contribution is 2.25. The van der Waals surface area contributed by atoms with Gasteiger partial charge >= 0.3 is 0 Å². The van der Waals surface area contributed by atoms with E-state index in [9.17, 15) is 4.39 Å². The standard InChI is InChI=1S/C20H22ClFN5/c1-25-6-3-19-14(12-25)2-7-27(19)13-16-17(21)10-15(11-18(16)22)20(23)26-8-4-24-5-9-26/h2-3,6-7,10-12,23-24H,4-5,8-9,13H2,1H3/q+1. The summed E-state index contributed by atoms with van der Waals surface area (Å²) in [6, 6.07) is 7.15. The average Bonchev–Trinajstić information content (AvgIpc) is 3.06. The van der Waals surface area contributed by atoms with Gasteiger partial charge in [0.1, 0.15) is 18.7 Å². The van der Waals surface area contributed by atoms with Gasteiger partial charge in [0.2, 0.25) is 0 Å². The van der Waals surface area contributed by atoms with Gasteiger partial charge in [0, 0.05) is 54.6 Å². The van der Waals surface area contributed by atoms with Crippen LogP contribution in [0.1, 0.15) is 11.1 Å². The Bertz CT molecular complexity index is 984. The zero-order valence-corrected chi connectivity index (χ0v) is 15.9. The fraction of sp³-hybridized carbons (Fsp3) is 0.300. The van der Waals surface area contributed by atoms with Gasteiger partial charge in [0.25, 0.3) is 0 Å². The van der Waals surface area contributed by atoms with Crippen molar-refractivity contribution in [3.05, 3.63) is 64.8 Å². The summed E-state index contributed by atoms with van der Waals surface area (Å²) in [4.78, 5) is 1.95. The van der Waals surface area contributed by atoms with Gasteiger partial charge in [-0.2, -0.15) is 0 Å². The van der Waals surface area contributed by atoms with Crippen LogP contribution in [0.2, 0.25) is 5.02 Å². The Hall–Kier alpha value is -2.44. The number of rotatable bonds is 3. The van der Waals surface area contributed by atoms with Crippen LogP contribution < -0.4 is 9.88 Å². The van der Waals surface area contributed by atoms with Gasteiger partial charge in [-0.05, 0) is 18.2 Å². The zero-order chi connectivity index (χ0) is 19.0. The number of fused-ring (bicyclic) bond motifs is 1. The van der Waals surface area contributed by atoms with Crippen LogP contribution in [0.25, 0.3) is 10.9 Å². The molecule has 2 aromatic heterocycles. The molecular formula is C20H22ClFN5+. The van der Waals surface area contributed by atoms with Crippen molar-refractivity contribution < 1.29 is 8.96 Å². The Labute approximate surface area is 162 Å². The summed E-state index contributed by atoms with van der Waals surface area (Å²) in [5.41, 5.74) is 1.99. The van der Waals surface area contributed by atoms with E-state index in [4.69, 9.17) is 17.0 Å². The van der Waals surface area contributed by atoms with Crippen LogP contribution in [0.15, 0.2) is 42.9 Å². The molecule has 1 saturated heterocycles. The normalized spacial score (nSPS) is 14.7. The molecule has 7 heteroatoms. The van der Waals surface area contributed by atoms with Crippen molar-refractivity contribution in [1.29, 1.82) is 5.41 Å². The number of aromatic nitrogens is 2. The lowest BCUT2D eigenvalue weighted by atomic mass is 10.1. The molecule has 140 valence electrons. The molecule has 0 saturated carbocycles. The maximum absolute atomic E-state index is 14.9. The lowest BCUT2D eigenvalue weighted by molar-refractivity contribution is -0.670. The van der Waals surface area contributed by atoms with E-state index < -0.39 is 0 Å². The molecule has 0 amide bonds. The fourth-order valence-electron chi connectivity index (χ4n) is 3.52. The van der Waals surface area contributed by atoms with Gasteiger partial charge in [-0.1, -0.05) is 11.6 Å². The van der Waals surface area contributed by atoms with Gasteiger partial charge in [-0.3, -0.25) is 5.41 Å². The van der Waals surface area contributed by atoms with E-state index in [2.05, 4.69) is 5.32 Å². The highest BCUT2D eigenvalue weighted by Gasteiger charge is 2.18. The number of pyridine rings is 1. The van der Waals surface area contributed by atoms with Crippen LogP contribution >= 0.6 is 11.6 Å². The predicted octanol–water partition coefficient (Wildman–Crippen LogP) is 2.54. The van der Waals surface area contributed by atoms with Crippen LogP contribution in [0.5, 0.6) is 0 Å². The maximum Gasteiger partial charge on any atom is 0.177 e. The molecule has 27 heavy (non-hydrogen) atoms. The molecule has 0 atom stereocenters. The number of hydrogen-bond donors (Lipinski definition) is 2. The molecule has 5 nitrogen and oxygen atoms in total. The molecule has 1 aliphatic rings. The zero-order valence-electron chi connectivity index (χ0n) is 15.2. The van der Waals surface area contributed by atoms with Crippen LogP contribution in [0.3, 0.4) is 0 Å². The van der Waals surface area contributed by atoms with Gasteiger partial charge < -0.3 is 14.8 Å².